The summed E-state index contributed by atoms with van der Waals surface area (Å²) in [6, 6.07) is 31.9. The molecule has 0 saturated heterocycles. The number of benzene rings is 4. The molecule has 4 heteroatoms. The summed E-state index contributed by atoms with van der Waals surface area (Å²) in [5, 5.41) is 0. The quantitative estimate of drug-likeness (QED) is 0.177. The molecule has 2 aliphatic carbocycles. The second-order valence-electron chi connectivity index (χ2n) is 19.9. The van der Waals surface area contributed by atoms with Crippen LogP contribution in [0.5, 0.6) is 0 Å². The monoisotopic (exact) mass is 771 g/mol. The minimum absolute atomic E-state index is 0.0328. The molecule has 2 aliphatic rings. The molecule has 0 amide bonds. The first-order chi connectivity index (χ1) is 21.8. The Morgan fingerprint density at radius 3 is 1.40 bits per heavy atom. The molecule has 6 rings (SSSR count). The van der Waals surface area contributed by atoms with Crippen LogP contribution in [0.4, 0.5) is 0 Å². The summed E-state index contributed by atoms with van der Waals surface area (Å²) in [5.41, 5.74) is 15.7. The van der Waals surface area contributed by atoms with Gasteiger partial charge < -0.3 is 0 Å². The van der Waals surface area contributed by atoms with Gasteiger partial charge in [0.15, 0.2) is 0 Å². The van der Waals surface area contributed by atoms with Gasteiger partial charge in [-0.2, -0.15) is 0 Å². The van der Waals surface area contributed by atoms with Gasteiger partial charge in [0.05, 0.1) is 0 Å². The topological polar surface area (TPSA) is 0 Å². The van der Waals surface area contributed by atoms with Gasteiger partial charge in [-0.05, 0) is 0 Å². The fraction of sp³-hybridized carbons (Fsp3) is 0.364. The molecule has 0 aliphatic heterocycles. The van der Waals surface area contributed by atoms with Crippen molar-refractivity contribution in [2.45, 2.75) is 89.7 Å². The first-order valence-corrected chi connectivity index (χ1v) is 40.3. The standard InChI is InChI=1S/C22H25.C20H21.2CH3.2ClH.H3Si.Zr/c1-15(2)18-13-17-7-6-8-20(21(17)14-18)16-9-11-19(12-10-16)22(3,4)5;1-14-12-16-6-5-7-18(19(16)13-14)15-8-10-17(11-9-15)20(2,3)4;;;;;;/h6-15H,1-5H3;5-13H,1-4H3;2*1H3;2*1H;1H3;/q;;;;;;;+2/p-2. The molecular formula is C44H55Cl2SiZr. The SMILES string of the molecule is CC1=Cc2c(-c3ccc(C(C)(C)C)cc3)cccc2[CH]1[Zr]([CH3])([CH3])([SiH3])([Cl])([Cl])[CH]1C(C(C)C)=Cc2c(-c3ccc(C(C)(C)C)cc3)cccc21. The van der Waals surface area contributed by atoms with Gasteiger partial charge in [-0.1, -0.05) is 0 Å². The van der Waals surface area contributed by atoms with Crippen molar-refractivity contribution >= 4 is 36.5 Å². The Kier molecular flexibility index (Phi) is 7.70. The van der Waals surface area contributed by atoms with Crippen molar-refractivity contribution in [3.63, 3.8) is 0 Å². The van der Waals surface area contributed by atoms with Crippen molar-refractivity contribution in [1.29, 1.82) is 0 Å². The molecule has 2 atom stereocenters. The third kappa shape index (κ3) is 5.86. The molecule has 0 aromatic heterocycles. The number of fused-ring (bicyclic) bond motifs is 2. The summed E-state index contributed by atoms with van der Waals surface area (Å²) in [6.07, 6.45) is 4.86. The first kappa shape index (κ1) is 35.9. The van der Waals surface area contributed by atoms with Gasteiger partial charge in [-0.15, -0.1) is 0 Å². The summed E-state index contributed by atoms with van der Waals surface area (Å²) >= 11 is -5.85. The fourth-order valence-electron chi connectivity index (χ4n) is 9.50. The van der Waals surface area contributed by atoms with E-state index in [1.54, 1.807) is 0 Å². The predicted molar refractivity (Wildman–Crippen MR) is 216 cm³/mol. The maximum absolute atomic E-state index is 8.78. The van der Waals surface area contributed by atoms with Gasteiger partial charge in [-0.25, -0.2) is 0 Å². The normalized spacial score (nSPS) is 20.3. The average molecular weight is 774 g/mol. The molecule has 0 nitrogen and oxygen atoms in total. The van der Waals surface area contributed by atoms with Crippen LogP contribution in [0.15, 0.2) is 96.1 Å². The predicted octanol–water partition coefficient (Wildman–Crippen LogP) is 13.3. The van der Waals surface area contributed by atoms with Crippen LogP contribution in [-0.2, 0) is 23.4 Å². The van der Waals surface area contributed by atoms with Gasteiger partial charge in [0.1, 0.15) is 0 Å². The molecule has 4 aromatic rings. The van der Waals surface area contributed by atoms with Crippen LogP contribution in [-0.4, -0.2) is 7.37 Å². The summed E-state index contributed by atoms with van der Waals surface area (Å²) in [5.74, 6) is 0.305. The number of hydrogen-bond acceptors (Lipinski definition) is 0. The summed E-state index contributed by atoms with van der Waals surface area (Å²) in [4.78, 5) is 0. The molecule has 48 heavy (non-hydrogen) atoms. The van der Waals surface area contributed by atoms with E-state index in [1.807, 2.05) is 0 Å². The molecular weight excluding hydrogens is 719 g/mol. The van der Waals surface area contributed by atoms with Crippen LogP contribution in [0.3, 0.4) is 0 Å². The van der Waals surface area contributed by atoms with Gasteiger partial charge >= 0.3 is 296 Å². The second-order valence-corrected chi connectivity index (χ2v) is 102. The summed E-state index contributed by atoms with van der Waals surface area (Å²) in [6.45, 7) is 20.5. The van der Waals surface area contributed by atoms with Crippen LogP contribution in [0.25, 0.3) is 34.4 Å². The number of hydrogen-bond donors (Lipinski definition) is 0. The molecule has 4 aromatic carbocycles. The van der Waals surface area contributed by atoms with E-state index in [4.69, 9.17) is 17.0 Å². The molecule has 0 saturated carbocycles. The average Bonchev–Trinajstić information content (AvgIpc) is 3.56. The van der Waals surface area contributed by atoms with Gasteiger partial charge in [0.2, 0.25) is 0 Å². The van der Waals surface area contributed by atoms with Crippen molar-refractivity contribution in [1.82, 2.24) is 0 Å². The Hall–Kier alpha value is -1.96. The van der Waals surface area contributed by atoms with E-state index in [2.05, 4.69) is 169 Å². The van der Waals surface area contributed by atoms with Crippen LogP contribution < -0.4 is 0 Å². The van der Waals surface area contributed by atoms with Crippen LogP contribution in [0.2, 0.25) is 9.26 Å². The Balaban J connectivity index is 1.54. The Bertz CT molecular complexity index is 2020. The van der Waals surface area contributed by atoms with Crippen LogP contribution in [0.1, 0.15) is 103 Å². The van der Waals surface area contributed by atoms with Crippen LogP contribution >= 0.6 is 17.0 Å². The van der Waals surface area contributed by atoms with E-state index in [1.165, 1.54) is 66.8 Å². The zero-order valence-corrected chi connectivity index (χ0v) is 37.2. The van der Waals surface area contributed by atoms with Crippen molar-refractivity contribution < 1.29 is 12.6 Å². The molecule has 0 N–H and O–H groups in total. The molecule has 0 fully saturated rings. The van der Waals surface area contributed by atoms with E-state index >= 15 is 0 Å². The zero-order valence-electron chi connectivity index (χ0n) is 31.2. The fourth-order valence-corrected chi connectivity index (χ4v) is 42.5. The van der Waals surface area contributed by atoms with Crippen molar-refractivity contribution in [3.8, 4) is 22.3 Å². The molecule has 0 spiro atoms. The summed E-state index contributed by atoms with van der Waals surface area (Å²) in [7, 11) is 18.2. The zero-order chi connectivity index (χ0) is 35.4. The van der Waals surface area contributed by atoms with E-state index in [0.29, 0.717) is 13.3 Å². The minimum atomic E-state index is -5.85. The van der Waals surface area contributed by atoms with Crippen molar-refractivity contribution in [2.75, 3.05) is 0 Å². The second kappa shape index (κ2) is 10.3. The third-order valence-corrected chi connectivity index (χ3v) is 39.4. The summed E-state index contributed by atoms with van der Waals surface area (Å²) < 4.78 is 4.67. The molecule has 0 radical (unpaired) electrons. The molecule has 0 bridgehead atoms. The van der Waals surface area contributed by atoms with E-state index in [0.717, 1.165) is 0 Å². The number of allylic oxidation sites excluding steroid dienone is 2. The van der Waals surface area contributed by atoms with Crippen molar-refractivity contribution in [2.24, 2.45) is 5.92 Å². The molecule has 0 heterocycles. The Morgan fingerprint density at radius 2 is 1.00 bits per heavy atom. The van der Waals surface area contributed by atoms with E-state index in [9.17, 15) is 0 Å². The van der Waals surface area contributed by atoms with Gasteiger partial charge in [0, 0.05) is 0 Å². The maximum atomic E-state index is 8.78. The third-order valence-electron chi connectivity index (χ3n) is 11.7. The molecule has 2 unspecified atom stereocenters. The number of halogens is 2. The van der Waals surface area contributed by atoms with Gasteiger partial charge in [-0.3, -0.25) is 0 Å². The number of rotatable bonds is 5. The molecule has 253 valence electrons. The van der Waals surface area contributed by atoms with E-state index < -0.39 is 12.6 Å². The van der Waals surface area contributed by atoms with Crippen LogP contribution in [0, 0.1) is 5.92 Å². The Morgan fingerprint density at radius 1 is 0.604 bits per heavy atom. The first-order valence-electron chi connectivity index (χ1n) is 17.8. The van der Waals surface area contributed by atoms with E-state index in [-0.39, 0.29) is 18.1 Å². The van der Waals surface area contributed by atoms with Gasteiger partial charge in [0.25, 0.3) is 0 Å². The Labute approximate surface area is 294 Å². The van der Waals surface area contributed by atoms with Crippen molar-refractivity contribution in [3.05, 3.63) is 129 Å².